The zero-order chi connectivity index (χ0) is 26.8. The highest BCUT2D eigenvalue weighted by atomic mass is 32.1. The maximum absolute atomic E-state index is 14.0. The quantitative estimate of drug-likeness (QED) is 0.333. The summed E-state index contributed by atoms with van der Waals surface area (Å²) in [7, 11) is 1.57. The van der Waals surface area contributed by atoms with Crippen molar-refractivity contribution < 1.29 is 19.0 Å². The Morgan fingerprint density at radius 2 is 1.84 bits per heavy atom. The zero-order valence-corrected chi connectivity index (χ0v) is 22.5. The van der Waals surface area contributed by atoms with Crippen molar-refractivity contribution in [3.8, 4) is 11.5 Å². The van der Waals surface area contributed by atoms with Gasteiger partial charge in [-0.15, -0.1) is 0 Å². The Bertz CT molecular complexity index is 1740. The van der Waals surface area contributed by atoms with Gasteiger partial charge in [0.1, 0.15) is 0 Å². The number of carbonyl (C=O) groups is 1. The monoisotopic (exact) mass is 528 g/mol. The van der Waals surface area contributed by atoms with E-state index in [1.54, 1.807) is 31.6 Å². The van der Waals surface area contributed by atoms with Gasteiger partial charge in [-0.25, -0.2) is 9.79 Å². The first-order chi connectivity index (χ1) is 18.5. The third kappa shape index (κ3) is 4.52. The van der Waals surface area contributed by atoms with E-state index in [-0.39, 0.29) is 12.2 Å². The molecule has 8 heteroatoms. The topological polar surface area (TPSA) is 79.1 Å². The Balaban J connectivity index is 1.75. The van der Waals surface area contributed by atoms with Crippen LogP contribution in [0.3, 0.4) is 0 Å². The molecule has 194 valence electrons. The molecule has 0 spiro atoms. The average molecular weight is 529 g/mol. The summed E-state index contributed by atoms with van der Waals surface area (Å²) in [4.78, 5) is 32.3. The van der Waals surface area contributed by atoms with Crippen molar-refractivity contribution in [1.29, 1.82) is 0 Å². The summed E-state index contributed by atoms with van der Waals surface area (Å²) in [5.41, 5.74) is 2.25. The third-order valence-electron chi connectivity index (χ3n) is 6.43. The van der Waals surface area contributed by atoms with Crippen LogP contribution in [0.25, 0.3) is 16.8 Å². The highest BCUT2D eigenvalue weighted by Gasteiger charge is 2.34. The number of esters is 1. The summed E-state index contributed by atoms with van der Waals surface area (Å²) in [6.45, 7) is 6.06. The number of thiazole rings is 1. The van der Waals surface area contributed by atoms with Crippen LogP contribution in [0.15, 0.2) is 81.7 Å². The van der Waals surface area contributed by atoms with E-state index in [1.807, 2.05) is 67.6 Å². The summed E-state index contributed by atoms with van der Waals surface area (Å²) in [5.74, 6) is 0.594. The van der Waals surface area contributed by atoms with Crippen LogP contribution in [0.5, 0.6) is 11.5 Å². The van der Waals surface area contributed by atoms with Gasteiger partial charge in [-0.05, 0) is 60.9 Å². The number of hydrogen-bond acceptors (Lipinski definition) is 7. The van der Waals surface area contributed by atoms with Crippen LogP contribution in [0.2, 0.25) is 0 Å². The number of aromatic nitrogens is 1. The van der Waals surface area contributed by atoms with E-state index in [0.29, 0.717) is 44.3 Å². The van der Waals surface area contributed by atoms with E-state index in [9.17, 15) is 9.59 Å². The molecule has 0 bridgehead atoms. The second-order valence-corrected chi connectivity index (χ2v) is 9.72. The molecule has 5 rings (SSSR count). The lowest BCUT2D eigenvalue weighted by molar-refractivity contribution is -0.139. The first-order valence-corrected chi connectivity index (χ1v) is 13.3. The molecular weight excluding hydrogens is 500 g/mol. The standard InChI is InChI=1S/C30H28N2O5S/c1-5-36-24-16-21(14-15-23(24)35-4)27-26(29(34)37-6-2)18(3)31-30-32(27)28(33)25(38-30)17-20-12-9-11-19-10-7-8-13-22(19)20/h7-17,27H,5-6H2,1-4H3/b25-17-/t27-/m0/s1. The van der Waals surface area contributed by atoms with E-state index in [1.165, 1.54) is 11.3 Å². The van der Waals surface area contributed by atoms with Gasteiger partial charge in [0, 0.05) is 0 Å². The fourth-order valence-corrected chi connectivity index (χ4v) is 5.79. The molecule has 1 aromatic heterocycles. The molecule has 7 nitrogen and oxygen atoms in total. The smallest absolute Gasteiger partial charge is 0.338 e. The number of rotatable bonds is 7. The lowest BCUT2D eigenvalue weighted by Crippen LogP contribution is -2.40. The molecule has 2 heterocycles. The molecule has 1 atom stereocenters. The molecular formula is C30H28N2O5S. The van der Waals surface area contributed by atoms with Crippen LogP contribution in [-0.4, -0.2) is 30.9 Å². The molecule has 1 aliphatic rings. The van der Waals surface area contributed by atoms with Crippen molar-refractivity contribution in [2.45, 2.75) is 26.8 Å². The van der Waals surface area contributed by atoms with Gasteiger partial charge < -0.3 is 14.2 Å². The Morgan fingerprint density at radius 3 is 2.61 bits per heavy atom. The molecule has 3 aromatic carbocycles. The number of nitrogens with zero attached hydrogens (tertiary/aromatic N) is 2. The predicted octanol–water partition coefficient (Wildman–Crippen LogP) is 4.36. The van der Waals surface area contributed by atoms with Crippen LogP contribution < -0.4 is 24.4 Å². The number of allylic oxidation sites excluding steroid dienone is 1. The van der Waals surface area contributed by atoms with Crippen molar-refractivity contribution in [3.05, 3.63) is 103 Å². The lowest BCUT2D eigenvalue weighted by atomic mass is 9.95. The van der Waals surface area contributed by atoms with Gasteiger partial charge in [-0.1, -0.05) is 59.9 Å². The molecule has 0 fully saturated rings. The van der Waals surface area contributed by atoms with Crippen molar-refractivity contribution in [2.75, 3.05) is 20.3 Å². The summed E-state index contributed by atoms with van der Waals surface area (Å²) >= 11 is 1.30. The Labute approximate surface area is 223 Å². The summed E-state index contributed by atoms with van der Waals surface area (Å²) < 4.78 is 18.8. The number of hydrogen-bond donors (Lipinski definition) is 0. The minimum atomic E-state index is -0.731. The van der Waals surface area contributed by atoms with Gasteiger partial charge in [-0.2, -0.15) is 0 Å². The maximum Gasteiger partial charge on any atom is 0.338 e. The van der Waals surface area contributed by atoms with Crippen molar-refractivity contribution in [3.63, 3.8) is 0 Å². The number of ether oxygens (including phenoxy) is 3. The second kappa shape index (κ2) is 10.7. The van der Waals surface area contributed by atoms with E-state index >= 15 is 0 Å². The Morgan fingerprint density at radius 1 is 1.05 bits per heavy atom. The van der Waals surface area contributed by atoms with E-state index in [2.05, 4.69) is 4.99 Å². The van der Waals surface area contributed by atoms with Crippen LogP contribution >= 0.6 is 11.3 Å². The number of carbonyl (C=O) groups excluding carboxylic acids is 1. The van der Waals surface area contributed by atoms with Crippen LogP contribution in [-0.2, 0) is 9.53 Å². The fourth-order valence-electron chi connectivity index (χ4n) is 4.76. The molecule has 1 aliphatic heterocycles. The van der Waals surface area contributed by atoms with Gasteiger partial charge in [0.05, 0.1) is 42.2 Å². The Kier molecular flexibility index (Phi) is 7.15. The van der Waals surface area contributed by atoms with Crippen molar-refractivity contribution in [2.24, 2.45) is 4.99 Å². The first kappa shape index (κ1) is 25.5. The van der Waals surface area contributed by atoms with Gasteiger partial charge in [0.2, 0.25) is 0 Å². The molecule has 0 unspecified atom stereocenters. The lowest BCUT2D eigenvalue weighted by Gasteiger charge is -2.25. The molecule has 0 aliphatic carbocycles. The van der Waals surface area contributed by atoms with E-state index < -0.39 is 12.0 Å². The number of methoxy groups -OCH3 is 1. The summed E-state index contributed by atoms with van der Waals surface area (Å²) in [5, 5.41) is 2.14. The van der Waals surface area contributed by atoms with Gasteiger partial charge in [0.15, 0.2) is 16.3 Å². The first-order valence-electron chi connectivity index (χ1n) is 12.4. The normalized spacial score (nSPS) is 15.3. The zero-order valence-electron chi connectivity index (χ0n) is 21.7. The maximum atomic E-state index is 14.0. The SMILES string of the molecule is CCOC(=O)C1=C(C)N=c2s/c(=C\c3cccc4ccccc34)c(=O)n2[C@H]1c1ccc(OC)c(OCC)c1. The van der Waals surface area contributed by atoms with Crippen LogP contribution in [0, 0.1) is 0 Å². The minimum absolute atomic E-state index is 0.209. The fraction of sp³-hybridized carbons (Fsp3) is 0.233. The largest absolute Gasteiger partial charge is 0.493 e. The van der Waals surface area contributed by atoms with Crippen LogP contribution in [0.4, 0.5) is 0 Å². The highest BCUT2D eigenvalue weighted by molar-refractivity contribution is 7.07. The Hall–Kier alpha value is -4.17. The van der Waals surface area contributed by atoms with Gasteiger partial charge in [0.25, 0.3) is 5.56 Å². The van der Waals surface area contributed by atoms with Crippen molar-refractivity contribution in [1.82, 2.24) is 4.57 Å². The molecule has 0 radical (unpaired) electrons. The third-order valence-corrected chi connectivity index (χ3v) is 7.41. The summed E-state index contributed by atoms with van der Waals surface area (Å²) in [6, 6.07) is 18.8. The number of fused-ring (bicyclic) bond motifs is 2. The number of benzene rings is 3. The van der Waals surface area contributed by atoms with Gasteiger partial charge >= 0.3 is 5.97 Å². The molecule has 0 N–H and O–H groups in total. The molecule has 0 saturated carbocycles. The molecule has 4 aromatic rings. The van der Waals surface area contributed by atoms with Crippen molar-refractivity contribution >= 4 is 34.2 Å². The second-order valence-electron chi connectivity index (χ2n) is 8.71. The average Bonchev–Trinajstić information content (AvgIpc) is 3.22. The van der Waals surface area contributed by atoms with Crippen LogP contribution in [0.1, 0.15) is 37.9 Å². The predicted molar refractivity (Wildman–Crippen MR) is 149 cm³/mol. The molecule has 0 amide bonds. The minimum Gasteiger partial charge on any atom is -0.493 e. The molecule has 0 saturated heterocycles. The summed E-state index contributed by atoms with van der Waals surface area (Å²) in [6.07, 6.45) is 1.90. The van der Waals surface area contributed by atoms with Gasteiger partial charge in [-0.3, -0.25) is 9.36 Å². The van der Waals surface area contributed by atoms with E-state index in [4.69, 9.17) is 14.2 Å². The molecule has 38 heavy (non-hydrogen) atoms. The van der Waals surface area contributed by atoms with E-state index in [0.717, 1.165) is 16.3 Å². The highest BCUT2D eigenvalue weighted by Crippen LogP contribution is 2.36.